The molecule has 1 rings (SSSR count). The number of nitrogens with one attached hydrogen (secondary N) is 1. The van der Waals surface area contributed by atoms with Crippen molar-refractivity contribution in [1.29, 1.82) is 0 Å². The Kier molecular flexibility index (Phi) is 2.57. The zero-order valence-corrected chi connectivity index (χ0v) is 9.81. The normalized spacial score (nSPS) is 28.4. The number of halogens is 1. The summed E-state index contributed by atoms with van der Waals surface area (Å²) in [5.41, 5.74) is -0.590. The van der Waals surface area contributed by atoms with Crippen LogP contribution < -0.4 is 5.32 Å². The fourth-order valence-corrected chi connectivity index (χ4v) is 3.22. The number of hydrogen-bond acceptors (Lipinski definition) is 3. The number of nitro groups is 1. The number of rotatable bonds is 1. The highest BCUT2D eigenvalue weighted by Gasteiger charge is 2.54. The third kappa shape index (κ3) is 2.36. The molecule has 0 amide bonds. The van der Waals surface area contributed by atoms with Gasteiger partial charge in [0.15, 0.2) is 0 Å². The van der Waals surface area contributed by atoms with Crippen molar-refractivity contribution >= 4 is 11.6 Å². The average molecular weight is 221 g/mol. The Balaban J connectivity index is 2.97. The topological polar surface area (TPSA) is 55.2 Å². The zero-order valence-electron chi connectivity index (χ0n) is 9.06. The molecule has 0 aromatic carbocycles. The number of nitrogens with zero attached hydrogens (tertiary/aromatic N) is 1. The monoisotopic (exact) mass is 220 g/mol. The minimum Gasteiger partial charge on any atom is -0.306 e. The average Bonchev–Trinajstić information content (AvgIpc) is 1.76. The minimum atomic E-state index is -1.32. The van der Waals surface area contributed by atoms with Gasteiger partial charge in [-0.15, -0.1) is 0 Å². The van der Waals surface area contributed by atoms with Crippen molar-refractivity contribution in [3.05, 3.63) is 10.1 Å². The first-order chi connectivity index (χ1) is 6.06. The van der Waals surface area contributed by atoms with Gasteiger partial charge in [-0.1, -0.05) is 0 Å². The minimum absolute atomic E-state index is 0.295. The van der Waals surface area contributed by atoms with Gasteiger partial charge in [0, 0.05) is 16.0 Å². The van der Waals surface area contributed by atoms with Crippen LogP contribution >= 0.6 is 11.6 Å². The number of piperidine rings is 1. The van der Waals surface area contributed by atoms with Gasteiger partial charge >= 0.3 is 0 Å². The summed E-state index contributed by atoms with van der Waals surface area (Å²) in [6.07, 6.45) is 0.690. The molecule has 0 aliphatic carbocycles. The molecule has 4 nitrogen and oxygen atoms in total. The van der Waals surface area contributed by atoms with Gasteiger partial charge in [-0.3, -0.25) is 10.1 Å². The molecule has 0 atom stereocenters. The van der Waals surface area contributed by atoms with Gasteiger partial charge in [-0.25, -0.2) is 0 Å². The molecular formula is C9H17ClN2O2. The zero-order chi connectivity index (χ0) is 11.2. The Hall–Kier alpha value is -0.350. The van der Waals surface area contributed by atoms with Crippen molar-refractivity contribution in [3.8, 4) is 0 Å². The van der Waals surface area contributed by atoms with Gasteiger partial charge in [-0.05, 0) is 39.3 Å². The maximum absolute atomic E-state index is 10.9. The summed E-state index contributed by atoms with van der Waals surface area (Å²) in [5.74, 6) is 0. The van der Waals surface area contributed by atoms with Crippen LogP contribution in [0.3, 0.4) is 0 Å². The highest BCUT2D eigenvalue weighted by Crippen LogP contribution is 2.40. The van der Waals surface area contributed by atoms with E-state index in [9.17, 15) is 10.1 Å². The van der Waals surface area contributed by atoms with E-state index in [1.54, 1.807) is 0 Å². The quantitative estimate of drug-likeness (QED) is 0.319. The van der Waals surface area contributed by atoms with E-state index < -0.39 is 5.00 Å². The number of alkyl halides is 1. The van der Waals surface area contributed by atoms with Crippen LogP contribution in [0.5, 0.6) is 0 Å². The second-order valence-corrected chi connectivity index (χ2v) is 6.12. The van der Waals surface area contributed by atoms with E-state index in [-0.39, 0.29) is 16.0 Å². The van der Waals surface area contributed by atoms with E-state index in [2.05, 4.69) is 5.32 Å². The Bertz CT molecular complexity index is 248. The molecule has 0 bridgehead atoms. The van der Waals surface area contributed by atoms with Crippen LogP contribution in [0.4, 0.5) is 0 Å². The summed E-state index contributed by atoms with van der Waals surface area (Å²) in [6, 6.07) is 0. The Morgan fingerprint density at radius 3 is 1.86 bits per heavy atom. The highest BCUT2D eigenvalue weighted by molar-refractivity contribution is 6.22. The first-order valence-electron chi connectivity index (χ1n) is 4.69. The number of hydrogen-bond donors (Lipinski definition) is 1. The van der Waals surface area contributed by atoms with Crippen LogP contribution in [0.15, 0.2) is 0 Å². The molecule has 1 aliphatic heterocycles. The second kappa shape index (κ2) is 3.07. The van der Waals surface area contributed by atoms with E-state index in [1.165, 1.54) is 0 Å². The predicted molar refractivity (Wildman–Crippen MR) is 56.1 cm³/mol. The van der Waals surface area contributed by atoms with Gasteiger partial charge in [0.2, 0.25) is 0 Å². The van der Waals surface area contributed by atoms with Crippen molar-refractivity contribution in [3.63, 3.8) is 0 Å². The maximum Gasteiger partial charge on any atom is 0.298 e. The van der Waals surface area contributed by atoms with Crippen LogP contribution in [0.2, 0.25) is 0 Å². The van der Waals surface area contributed by atoms with Crippen molar-refractivity contribution in [2.45, 2.75) is 56.6 Å². The van der Waals surface area contributed by atoms with Gasteiger partial charge < -0.3 is 5.32 Å². The van der Waals surface area contributed by atoms with Gasteiger partial charge in [-0.2, -0.15) is 0 Å². The lowest BCUT2D eigenvalue weighted by molar-refractivity contribution is -0.550. The van der Waals surface area contributed by atoms with Crippen LogP contribution in [0, 0.1) is 10.1 Å². The smallest absolute Gasteiger partial charge is 0.298 e. The van der Waals surface area contributed by atoms with Crippen molar-refractivity contribution in [2.75, 3.05) is 0 Å². The summed E-state index contributed by atoms with van der Waals surface area (Å²) in [4.78, 5) is 9.21. The fourth-order valence-electron chi connectivity index (χ4n) is 2.55. The lowest BCUT2D eigenvalue weighted by atomic mass is 9.79. The molecule has 1 aliphatic rings. The van der Waals surface area contributed by atoms with E-state index >= 15 is 0 Å². The first-order valence-corrected chi connectivity index (χ1v) is 5.07. The molecule has 0 spiro atoms. The van der Waals surface area contributed by atoms with Gasteiger partial charge in [0.05, 0.1) is 12.8 Å². The Morgan fingerprint density at radius 2 is 1.57 bits per heavy atom. The summed E-state index contributed by atoms with van der Waals surface area (Å²) >= 11 is 6.04. The molecule has 82 valence electrons. The molecular weight excluding hydrogens is 204 g/mol. The molecule has 0 unspecified atom stereocenters. The highest BCUT2D eigenvalue weighted by atomic mass is 35.5. The predicted octanol–water partition coefficient (Wildman–Crippen LogP) is 2.14. The van der Waals surface area contributed by atoms with Crippen LogP contribution in [-0.4, -0.2) is 21.0 Å². The molecule has 0 radical (unpaired) electrons. The SMILES string of the molecule is CC1(C)CC(Cl)([N+](=O)[O-])CC(C)(C)N1. The van der Waals surface area contributed by atoms with E-state index in [0.29, 0.717) is 12.8 Å². The lowest BCUT2D eigenvalue weighted by Gasteiger charge is -2.46. The van der Waals surface area contributed by atoms with E-state index in [4.69, 9.17) is 11.6 Å². The summed E-state index contributed by atoms with van der Waals surface area (Å²) in [7, 11) is 0. The molecule has 1 saturated heterocycles. The lowest BCUT2D eigenvalue weighted by Crippen LogP contribution is -2.63. The molecule has 14 heavy (non-hydrogen) atoms. The third-order valence-electron chi connectivity index (χ3n) is 2.43. The molecule has 1 heterocycles. The fraction of sp³-hybridized carbons (Fsp3) is 1.00. The van der Waals surface area contributed by atoms with Crippen molar-refractivity contribution in [1.82, 2.24) is 5.32 Å². The maximum atomic E-state index is 10.9. The molecule has 1 N–H and O–H groups in total. The van der Waals surface area contributed by atoms with E-state index in [1.807, 2.05) is 27.7 Å². The molecule has 1 fully saturated rings. The summed E-state index contributed by atoms with van der Waals surface area (Å²) < 4.78 is 0. The largest absolute Gasteiger partial charge is 0.306 e. The molecule has 0 aromatic rings. The summed E-state index contributed by atoms with van der Waals surface area (Å²) in [6.45, 7) is 7.76. The van der Waals surface area contributed by atoms with Crippen LogP contribution in [0.25, 0.3) is 0 Å². The standard InChI is InChI=1S/C9H17ClN2O2/c1-7(2)5-9(10,12(13)14)6-8(3,4)11-7/h11H,5-6H2,1-4H3. The van der Waals surface area contributed by atoms with Crippen molar-refractivity contribution in [2.24, 2.45) is 0 Å². The van der Waals surface area contributed by atoms with Gasteiger partial charge in [0.1, 0.15) is 0 Å². The molecule has 0 saturated carbocycles. The Labute approximate surface area is 89.2 Å². The van der Waals surface area contributed by atoms with Gasteiger partial charge in [0.25, 0.3) is 5.00 Å². The van der Waals surface area contributed by atoms with E-state index in [0.717, 1.165) is 0 Å². The second-order valence-electron chi connectivity index (χ2n) is 5.42. The van der Waals surface area contributed by atoms with Crippen LogP contribution in [0.1, 0.15) is 40.5 Å². The molecule has 5 heteroatoms. The summed E-state index contributed by atoms with van der Waals surface area (Å²) in [5, 5.41) is 14.3. The van der Waals surface area contributed by atoms with Crippen molar-refractivity contribution < 1.29 is 4.92 Å². The van der Waals surface area contributed by atoms with Crippen LogP contribution in [-0.2, 0) is 0 Å². The third-order valence-corrected chi connectivity index (χ3v) is 2.83. The molecule has 0 aromatic heterocycles. The first kappa shape index (κ1) is 11.7. The Morgan fingerprint density at radius 1 is 1.21 bits per heavy atom.